The summed E-state index contributed by atoms with van der Waals surface area (Å²) >= 11 is 0. The van der Waals surface area contributed by atoms with Gasteiger partial charge in [-0.1, -0.05) is 20.3 Å². The minimum atomic E-state index is 0.976. The molecule has 0 amide bonds. The number of rotatable bonds is 5. The molecule has 1 saturated heterocycles. The summed E-state index contributed by atoms with van der Waals surface area (Å²) < 4.78 is 6.76. The Morgan fingerprint density at radius 1 is 1.00 bits per heavy atom. The largest absolute Gasteiger partial charge is 0.370 e. The van der Waals surface area contributed by atoms with E-state index < -0.39 is 0 Å². The highest BCUT2D eigenvalue weighted by molar-refractivity contribution is 4.50. The van der Waals surface area contributed by atoms with Gasteiger partial charge in [-0.2, -0.15) is 0 Å². The Hall–Kier alpha value is -0.0800. The smallest absolute Gasteiger partial charge is 0.102 e. The second-order valence-corrected chi connectivity index (χ2v) is 4.20. The molecule has 0 aromatic rings. The summed E-state index contributed by atoms with van der Waals surface area (Å²) in [6, 6.07) is 0. The monoisotopic (exact) mass is 186 g/mol. The van der Waals surface area contributed by atoms with Crippen LogP contribution in [0.2, 0.25) is 0 Å². The van der Waals surface area contributed by atoms with Gasteiger partial charge in [0.15, 0.2) is 0 Å². The molecule has 0 N–H and O–H groups in total. The Labute approximate surface area is 82.5 Å². The molecule has 0 aliphatic carbocycles. The highest BCUT2D eigenvalue weighted by Crippen LogP contribution is 2.14. The predicted octanol–water partition coefficient (Wildman–Crippen LogP) is 2.04. The van der Waals surface area contributed by atoms with Gasteiger partial charge in [0, 0.05) is 0 Å². The third-order valence-electron chi connectivity index (χ3n) is 3.10. The van der Waals surface area contributed by atoms with Crippen LogP contribution >= 0.6 is 0 Å². The summed E-state index contributed by atoms with van der Waals surface area (Å²) in [6.45, 7) is 11.7. The van der Waals surface area contributed by atoms with Crippen molar-refractivity contribution in [3.05, 3.63) is 0 Å². The van der Waals surface area contributed by atoms with Gasteiger partial charge in [-0.05, 0) is 12.8 Å². The van der Waals surface area contributed by atoms with Crippen LogP contribution in [0.5, 0.6) is 0 Å². The van der Waals surface area contributed by atoms with Crippen molar-refractivity contribution < 1.29 is 9.22 Å². The van der Waals surface area contributed by atoms with Crippen LogP contribution in [0.1, 0.15) is 33.1 Å². The van der Waals surface area contributed by atoms with E-state index in [0.29, 0.717) is 0 Å². The molecule has 2 heteroatoms. The number of hydrogen-bond acceptors (Lipinski definition) is 1. The van der Waals surface area contributed by atoms with E-state index in [9.17, 15) is 0 Å². The van der Waals surface area contributed by atoms with Crippen molar-refractivity contribution in [2.24, 2.45) is 0 Å². The van der Waals surface area contributed by atoms with Crippen LogP contribution < -0.4 is 0 Å². The second-order valence-electron chi connectivity index (χ2n) is 4.20. The molecule has 2 nitrogen and oxygen atoms in total. The van der Waals surface area contributed by atoms with E-state index in [1.165, 1.54) is 49.9 Å². The molecule has 1 fully saturated rings. The molecule has 78 valence electrons. The Balaban J connectivity index is 2.40. The van der Waals surface area contributed by atoms with E-state index in [1.54, 1.807) is 0 Å². The Kier molecular flexibility index (Phi) is 4.74. The topological polar surface area (TPSA) is 9.23 Å². The lowest BCUT2D eigenvalue weighted by atomic mass is 10.2. The van der Waals surface area contributed by atoms with E-state index in [1.807, 2.05) is 0 Å². The first-order valence-electron chi connectivity index (χ1n) is 5.76. The number of unbranched alkanes of at least 4 members (excludes halogenated alkanes) is 1. The lowest BCUT2D eigenvalue weighted by Crippen LogP contribution is -2.55. The fourth-order valence-corrected chi connectivity index (χ4v) is 2.26. The maximum Gasteiger partial charge on any atom is 0.102 e. The van der Waals surface area contributed by atoms with Crippen molar-refractivity contribution in [1.29, 1.82) is 0 Å². The lowest BCUT2D eigenvalue weighted by molar-refractivity contribution is -0.935. The van der Waals surface area contributed by atoms with E-state index in [0.717, 1.165) is 13.2 Å². The molecule has 1 aliphatic heterocycles. The Bertz CT molecular complexity index is 125. The summed E-state index contributed by atoms with van der Waals surface area (Å²) in [6.07, 6.45) is 4.01. The highest BCUT2D eigenvalue weighted by Gasteiger charge is 2.28. The zero-order valence-electron chi connectivity index (χ0n) is 9.22. The van der Waals surface area contributed by atoms with Gasteiger partial charge in [-0.15, -0.1) is 0 Å². The molecule has 1 heterocycles. The zero-order valence-corrected chi connectivity index (χ0v) is 9.22. The van der Waals surface area contributed by atoms with E-state index >= 15 is 0 Å². The van der Waals surface area contributed by atoms with E-state index in [4.69, 9.17) is 4.74 Å². The van der Waals surface area contributed by atoms with Gasteiger partial charge >= 0.3 is 0 Å². The number of ether oxygens (including phenoxy) is 1. The third-order valence-corrected chi connectivity index (χ3v) is 3.10. The summed E-state index contributed by atoms with van der Waals surface area (Å²) in [7, 11) is 0. The number of hydrogen-bond donors (Lipinski definition) is 0. The maximum absolute atomic E-state index is 5.44. The van der Waals surface area contributed by atoms with Crippen LogP contribution in [-0.2, 0) is 4.74 Å². The van der Waals surface area contributed by atoms with Gasteiger partial charge in [0.25, 0.3) is 0 Å². The van der Waals surface area contributed by atoms with Crippen LogP contribution in [-0.4, -0.2) is 43.9 Å². The van der Waals surface area contributed by atoms with Crippen LogP contribution in [0.15, 0.2) is 0 Å². The summed E-state index contributed by atoms with van der Waals surface area (Å²) in [5.41, 5.74) is 0. The van der Waals surface area contributed by atoms with Gasteiger partial charge in [-0.25, -0.2) is 0 Å². The van der Waals surface area contributed by atoms with Crippen molar-refractivity contribution in [2.75, 3.05) is 39.4 Å². The predicted molar refractivity (Wildman–Crippen MR) is 55.7 cm³/mol. The van der Waals surface area contributed by atoms with Gasteiger partial charge in [0.05, 0.1) is 26.3 Å². The first-order valence-corrected chi connectivity index (χ1v) is 5.76. The highest BCUT2D eigenvalue weighted by atomic mass is 16.5. The van der Waals surface area contributed by atoms with Gasteiger partial charge in [-0.3, -0.25) is 0 Å². The molecule has 0 radical (unpaired) electrons. The summed E-state index contributed by atoms with van der Waals surface area (Å²) in [5.74, 6) is 0. The SMILES string of the molecule is CCCC[N+]1(CCC)CCOCC1. The first kappa shape index (κ1) is 11.0. The number of quaternary nitrogens is 1. The summed E-state index contributed by atoms with van der Waals surface area (Å²) in [5, 5.41) is 0. The fourth-order valence-electron chi connectivity index (χ4n) is 2.26. The van der Waals surface area contributed by atoms with Crippen molar-refractivity contribution >= 4 is 0 Å². The van der Waals surface area contributed by atoms with Crippen molar-refractivity contribution in [3.63, 3.8) is 0 Å². The van der Waals surface area contributed by atoms with Gasteiger partial charge < -0.3 is 9.22 Å². The average Bonchev–Trinajstić information content (AvgIpc) is 2.17. The molecule has 0 saturated carbocycles. The molecule has 1 aliphatic rings. The molecule has 0 spiro atoms. The number of morpholine rings is 1. The second kappa shape index (κ2) is 5.61. The minimum Gasteiger partial charge on any atom is -0.370 e. The van der Waals surface area contributed by atoms with Crippen LogP contribution in [0.3, 0.4) is 0 Å². The Morgan fingerprint density at radius 2 is 1.69 bits per heavy atom. The molecule has 0 unspecified atom stereocenters. The van der Waals surface area contributed by atoms with Crippen molar-refractivity contribution in [1.82, 2.24) is 0 Å². The van der Waals surface area contributed by atoms with Crippen molar-refractivity contribution in [2.45, 2.75) is 33.1 Å². The maximum atomic E-state index is 5.44. The third kappa shape index (κ3) is 3.28. The molecule has 0 aromatic carbocycles. The van der Waals surface area contributed by atoms with E-state index in [2.05, 4.69) is 13.8 Å². The molecule has 13 heavy (non-hydrogen) atoms. The van der Waals surface area contributed by atoms with Crippen molar-refractivity contribution in [3.8, 4) is 0 Å². The summed E-state index contributed by atoms with van der Waals surface area (Å²) in [4.78, 5) is 0. The molecule has 1 rings (SSSR count). The van der Waals surface area contributed by atoms with Crippen LogP contribution in [0.25, 0.3) is 0 Å². The standard InChI is InChI=1S/C11H24NO/c1-3-5-7-12(6-4-2)8-10-13-11-9-12/h3-11H2,1-2H3/q+1. The Morgan fingerprint density at radius 3 is 2.23 bits per heavy atom. The fraction of sp³-hybridized carbons (Fsp3) is 1.00. The number of nitrogens with zero attached hydrogens (tertiary/aromatic N) is 1. The zero-order chi connectivity index (χ0) is 9.57. The van der Waals surface area contributed by atoms with Crippen LogP contribution in [0.4, 0.5) is 0 Å². The molecular formula is C11H24NO+. The quantitative estimate of drug-likeness (QED) is 0.597. The minimum absolute atomic E-state index is 0.976. The normalized spacial score (nSPS) is 21.7. The van der Waals surface area contributed by atoms with E-state index in [-0.39, 0.29) is 0 Å². The molecule has 0 aromatic heterocycles. The van der Waals surface area contributed by atoms with Gasteiger partial charge in [0.2, 0.25) is 0 Å². The molecule has 0 bridgehead atoms. The molecule has 0 atom stereocenters. The lowest BCUT2D eigenvalue weighted by Gasteiger charge is -2.41. The first-order chi connectivity index (χ1) is 6.33. The van der Waals surface area contributed by atoms with Gasteiger partial charge in [0.1, 0.15) is 13.1 Å². The average molecular weight is 186 g/mol. The van der Waals surface area contributed by atoms with Crippen LogP contribution in [0, 0.1) is 0 Å². The molecular weight excluding hydrogens is 162 g/mol.